The molecule has 0 spiro atoms. The fourth-order valence-electron chi connectivity index (χ4n) is 3.97. The maximum absolute atomic E-state index is 13.6. The topological polar surface area (TPSA) is 118 Å². The van der Waals surface area contributed by atoms with Crippen molar-refractivity contribution in [3.05, 3.63) is 64.7 Å². The van der Waals surface area contributed by atoms with E-state index in [4.69, 9.17) is 19.9 Å². The van der Waals surface area contributed by atoms with Crippen LogP contribution >= 0.6 is 0 Å². The molecule has 1 aromatic carbocycles. The molecule has 3 aromatic heterocycles. The third-order valence-electron chi connectivity index (χ3n) is 5.79. The van der Waals surface area contributed by atoms with Crippen molar-refractivity contribution in [3.8, 4) is 11.5 Å². The Hall–Kier alpha value is -4.10. The molecule has 1 aliphatic heterocycles. The second-order valence-electron chi connectivity index (χ2n) is 8.45. The largest absolute Gasteiger partial charge is 0.457 e. The summed E-state index contributed by atoms with van der Waals surface area (Å²) >= 11 is 0. The number of anilines is 3. The van der Waals surface area contributed by atoms with Crippen LogP contribution in [0.15, 0.2) is 53.6 Å². The number of nitrogen functional groups attached to an aromatic ring is 1. The third-order valence-corrected chi connectivity index (χ3v) is 5.79. The maximum atomic E-state index is 13.6. The first-order valence-corrected chi connectivity index (χ1v) is 11.3. The molecule has 1 saturated heterocycles. The summed E-state index contributed by atoms with van der Waals surface area (Å²) in [5.74, 6) is 1.47. The molecule has 194 valence electrons. The fraction of sp³-hybridized carbons (Fsp3) is 0.292. The van der Waals surface area contributed by atoms with E-state index in [9.17, 15) is 18.0 Å². The molecular formula is C24H23F3N6O4. The molecule has 0 radical (unpaired) electrons. The van der Waals surface area contributed by atoms with Crippen LogP contribution in [0.5, 0.6) is 11.5 Å². The van der Waals surface area contributed by atoms with Gasteiger partial charge in [-0.25, -0.2) is 9.97 Å². The molecule has 1 fully saturated rings. The van der Waals surface area contributed by atoms with Gasteiger partial charge in [0, 0.05) is 31.6 Å². The lowest BCUT2D eigenvalue weighted by Gasteiger charge is -2.24. The van der Waals surface area contributed by atoms with Gasteiger partial charge in [-0.3, -0.25) is 4.79 Å². The number of nitrogens with one attached hydrogen (secondary N) is 1. The molecule has 1 unspecified atom stereocenters. The predicted molar refractivity (Wildman–Crippen MR) is 129 cm³/mol. The van der Waals surface area contributed by atoms with Crippen LogP contribution in [0, 0.1) is 0 Å². The average molecular weight is 516 g/mol. The minimum atomic E-state index is -4.66. The molecule has 13 heteroatoms. The Balaban J connectivity index is 1.47. The van der Waals surface area contributed by atoms with Crippen molar-refractivity contribution in [2.24, 2.45) is 7.05 Å². The number of aromatic nitrogens is 4. The first-order chi connectivity index (χ1) is 17.7. The van der Waals surface area contributed by atoms with E-state index >= 15 is 0 Å². The Morgan fingerprint density at radius 2 is 2.00 bits per heavy atom. The molecule has 4 aromatic rings. The molecule has 1 atom stereocenters. The van der Waals surface area contributed by atoms with Gasteiger partial charge < -0.3 is 34.4 Å². The standard InChI is InChI=1S/C24H23F3N6O4/c1-32-20-9-15(37-16-4-5-29-21(28)10-16)2-3-18(20)30-23(32)31-19-8-14(24(25,26)27)11-33(22(19)34)12-17-13-35-6-7-36-17/h2-5,8-11,17H,6-7,12-13H2,1H3,(H2,28,29)(H,30,31). The number of nitrogens with zero attached hydrogens (tertiary/aromatic N) is 4. The number of benzene rings is 1. The van der Waals surface area contributed by atoms with Gasteiger partial charge in [0.15, 0.2) is 0 Å². The summed E-state index contributed by atoms with van der Waals surface area (Å²) in [5, 5.41) is 2.78. The van der Waals surface area contributed by atoms with Crippen molar-refractivity contribution in [2.75, 3.05) is 30.9 Å². The first kappa shape index (κ1) is 24.6. The van der Waals surface area contributed by atoms with Crippen molar-refractivity contribution < 1.29 is 27.4 Å². The smallest absolute Gasteiger partial charge is 0.417 e. The Kier molecular flexibility index (Phi) is 6.48. The molecule has 3 N–H and O–H groups in total. The number of nitrogens with two attached hydrogens (primary N) is 1. The average Bonchev–Trinajstić information content (AvgIpc) is 3.16. The van der Waals surface area contributed by atoms with Crippen LogP contribution in [-0.2, 0) is 29.2 Å². The first-order valence-electron chi connectivity index (χ1n) is 11.3. The van der Waals surface area contributed by atoms with E-state index in [1.807, 2.05) is 0 Å². The quantitative estimate of drug-likeness (QED) is 0.399. The van der Waals surface area contributed by atoms with E-state index in [0.717, 1.165) is 16.8 Å². The van der Waals surface area contributed by atoms with Gasteiger partial charge in [0.1, 0.15) is 23.0 Å². The monoisotopic (exact) mass is 516 g/mol. The zero-order valence-corrected chi connectivity index (χ0v) is 19.7. The Labute approximate surface area is 208 Å². The van der Waals surface area contributed by atoms with Gasteiger partial charge in [-0.15, -0.1) is 0 Å². The molecule has 1 aliphatic rings. The lowest BCUT2D eigenvalue weighted by Crippen LogP contribution is -2.36. The van der Waals surface area contributed by atoms with Crippen LogP contribution in [0.1, 0.15) is 5.56 Å². The van der Waals surface area contributed by atoms with E-state index in [1.54, 1.807) is 41.9 Å². The summed E-state index contributed by atoms with van der Waals surface area (Å²) in [6, 6.07) is 9.11. The Morgan fingerprint density at radius 1 is 1.19 bits per heavy atom. The number of ether oxygens (including phenoxy) is 3. The lowest BCUT2D eigenvalue weighted by atomic mass is 10.2. The highest BCUT2D eigenvalue weighted by Gasteiger charge is 2.33. The van der Waals surface area contributed by atoms with E-state index < -0.39 is 23.4 Å². The van der Waals surface area contributed by atoms with E-state index in [2.05, 4.69) is 15.3 Å². The number of hydrogen-bond acceptors (Lipinski definition) is 8. The van der Waals surface area contributed by atoms with Gasteiger partial charge in [-0.1, -0.05) is 0 Å². The fourth-order valence-corrected chi connectivity index (χ4v) is 3.97. The molecule has 37 heavy (non-hydrogen) atoms. The maximum Gasteiger partial charge on any atom is 0.417 e. The number of imidazole rings is 1. The van der Waals surface area contributed by atoms with Gasteiger partial charge in [0.05, 0.1) is 49.1 Å². The molecule has 0 saturated carbocycles. The number of rotatable bonds is 6. The number of aryl methyl sites for hydroxylation is 1. The van der Waals surface area contributed by atoms with E-state index in [1.165, 1.54) is 6.20 Å². The highest BCUT2D eigenvalue weighted by atomic mass is 19.4. The van der Waals surface area contributed by atoms with Crippen LogP contribution in [-0.4, -0.2) is 45.0 Å². The van der Waals surface area contributed by atoms with E-state index in [-0.39, 0.29) is 24.8 Å². The van der Waals surface area contributed by atoms with Gasteiger partial charge >= 0.3 is 6.18 Å². The van der Waals surface area contributed by atoms with Crippen LogP contribution in [0.25, 0.3) is 11.0 Å². The van der Waals surface area contributed by atoms with Crippen LogP contribution < -0.4 is 21.3 Å². The summed E-state index contributed by atoms with van der Waals surface area (Å²) in [6.45, 7) is 0.813. The number of fused-ring (bicyclic) bond motifs is 1. The van der Waals surface area contributed by atoms with Crippen LogP contribution in [0.3, 0.4) is 0 Å². The second-order valence-corrected chi connectivity index (χ2v) is 8.45. The number of halogens is 3. The Morgan fingerprint density at radius 3 is 2.73 bits per heavy atom. The van der Waals surface area contributed by atoms with Crippen LogP contribution in [0.4, 0.5) is 30.6 Å². The van der Waals surface area contributed by atoms with E-state index in [0.29, 0.717) is 41.6 Å². The SMILES string of the molecule is Cn1c(Nc2cc(C(F)(F)F)cn(CC3COCCO3)c2=O)nc2ccc(Oc3ccnc(N)c3)cc21. The molecule has 4 heterocycles. The summed E-state index contributed by atoms with van der Waals surface area (Å²) in [7, 11) is 1.67. The minimum absolute atomic E-state index is 0.0831. The van der Waals surface area contributed by atoms with Crippen molar-refractivity contribution in [1.82, 2.24) is 19.1 Å². The minimum Gasteiger partial charge on any atom is -0.457 e. The van der Waals surface area contributed by atoms with Gasteiger partial charge in [0.2, 0.25) is 5.95 Å². The highest BCUT2D eigenvalue weighted by Crippen LogP contribution is 2.32. The van der Waals surface area contributed by atoms with Gasteiger partial charge in [-0.2, -0.15) is 13.2 Å². The molecule has 0 bridgehead atoms. The van der Waals surface area contributed by atoms with Crippen molar-refractivity contribution >= 4 is 28.5 Å². The van der Waals surface area contributed by atoms with Crippen LogP contribution in [0.2, 0.25) is 0 Å². The zero-order valence-electron chi connectivity index (χ0n) is 19.7. The van der Waals surface area contributed by atoms with Gasteiger partial charge in [-0.05, 0) is 24.3 Å². The predicted octanol–water partition coefficient (Wildman–Crippen LogP) is 3.68. The molecule has 5 rings (SSSR count). The normalized spacial score (nSPS) is 16.2. The van der Waals surface area contributed by atoms with Crippen molar-refractivity contribution in [3.63, 3.8) is 0 Å². The summed E-state index contributed by atoms with van der Waals surface area (Å²) in [6.07, 6.45) is -2.89. The lowest BCUT2D eigenvalue weighted by molar-refractivity contribution is -0.138. The van der Waals surface area contributed by atoms with Crippen molar-refractivity contribution in [2.45, 2.75) is 18.8 Å². The number of pyridine rings is 2. The van der Waals surface area contributed by atoms with Crippen molar-refractivity contribution in [1.29, 1.82) is 0 Å². The Bertz CT molecular complexity index is 1490. The molecular weight excluding hydrogens is 493 g/mol. The summed E-state index contributed by atoms with van der Waals surface area (Å²) < 4.78 is 60.2. The number of alkyl halides is 3. The second kappa shape index (κ2) is 9.75. The van der Waals surface area contributed by atoms with Gasteiger partial charge in [0.25, 0.3) is 5.56 Å². The molecule has 10 nitrogen and oxygen atoms in total. The summed E-state index contributed by atoms with van der Waals surface area (Å²) in [4.78, 5) is 21.5. The zero-order chi connectivity index (χ0) is 26.2. The molecule has 0 aliphatic carbocycles. The third kappa shape index (κ3) is 5.37. The summed E-state index contributed by atoms with van der Waals surface area (Å²) in [5.41, 5.74) is 4.98. The number of hydrogen-bond donors (Lipinski definition) is 2. The highest BCUT2D eigenvalue weighted by molar-refractivity contribution is 5.81. The molecule has 0 amide bonds.